The number of rotatable bonds is 9. The Balaban J connectivity index is 1.70. The van der Waals surface area contributed by atoms with Crippen molar-refractivity contribution >= 4 is 17.5 Å². The van der Waals surface area contributed by atoms with E-state index in [1.807, 2.05) is 13.0 Å². The highest BCUT2D eigenvalue weighted by molar-refractivity contribution is 6.30. The van der Waals surface area contributed by atoms with Crippen molar-refractivity contribution in [3.63, 3.8) is 0 Å². The van der Waals surface area contributed by atoms with Crippen LogP contribution in [0.4, 0.5) is 4.39 Å². The van der Waals surface area contributed by atoms with E-state index in [9.17, 15) is 25.4 Å². The maximum absolute atomic E-state index is 16.6. The van der Waals surface area contributed by atoms with E-state index in [0.29, 0.717) is 36.3 Å². The van der Waals surface area contributed by atoms with Crippen molar-refractivity contribution in [2.24, 2.45) is 5.92 Å². The number of aromatic nitrogens is 2. The molecule has 43 heavy (non-hydrogen) atoms. The van der Waals surface area contributed by atoms with Gasteiger partial charge in [-0.05, 0) is 74.8 Å². The van der Waals surface area contributed by atoms with Crippen molar-refractivity contribution < 1.29 is 29.2 Å². The van der Waals surface area contributed by atoms with E-state index >= 15 is 4.39 Å². The molecule has 1 aliphatic carbocycles. The first kappa shape index (κ1) is 31.0. The lowest BCUT2D eigenvalue weighted by molar-refractivity contribution is -0.132. The number of fused-ring (bicyclic) bond motifs is 1. The number of aliphatic hydroxyl groups is 3. The molecule has 1 amide bonds. The Morgan fingerprint density at radius 3 is 2.44 bits per heavy atom. The number of ether oxygens (including phenoxy) is 1. The lowest BCUT2D eigenvalue weighted by Gasteiger charge is -2.40. The molecule has 0 spiro atoms. The number of nitriles is 1. The van der Waals surface area contributed by atoms with Crippen LogP contribution in [-0.2, 0) is 22.6 Å². The minimum Gasteiger partial charge on any atom is -0.393 e. The summed E-state index contributed by atoms with van der Waals surface area (Å²) in [7, 11) is 0. The number of carbonyl (C=O) groups excluding carboxylic acids is 1. The minimum absolute atomic E-state index is 0.00640. The molecule has 2 unspecified atom stereocenters. The van der Waals surface area contributed by atoms with Gasteiger partial charge in [0, 0.05) is 23.0 Å². The SMILES string of the molecule is CCC(O)(c1cc(F)c2c(c1)C(=O)N(Cc1ncc(C#N)cn1)[C@@]2(OCC(C)O)c1ccc(Cl)cc1)[C@H]1CC[C@H](O)CC1. The van der Waals surface area contributed by atoms with Crippen molar-refractivity contribution in [1.82, 2.24) is 14.9 Å². The summed E-state index contributed by atoms with van der Waals surface area (Å²) in [4.78, 5) is 24.1. The van der Waals surface area contributed by atoms with Gasteiger partial charge < -0.3 is 20.1 Å². The van der Waals surface area contributed by atoms with Crippen LogP contribution >= 0.6 is 11.6 Å². The van der Waals surface area contributed by atoms with Gasteiger partial charge in [-0.25, -0.2) is 14.4 Å². The predicted molar refractivity (Wildman–Crippen MR) is 155 cm³/mol. The van der Waals surface area contributed by atoms with Gasteiger partial charge in [0.15, 0.2) is 5.72 Å². The summed E-state index contributed by atoms with van der Waals surface area (Å²) < 4.78 is 23.0. The summed E-state index contributed by atoms with van der Waals surface area (Å²) >= 11 is 6.19. The summed E-state index contributed by atoms with van der Waals surface area (Å²) in [5, 5.41) is 41.8. The summed E-state index contributed by atoms with van der Waals surface area (Å²) in [6.45, 7) is 2.87. The first-order chi connectivity index (χ1) is 20.5. The third-order valence-electron chi connectivity index (χ3n) is 8.60. The molecule has 1 aliphatic heterocycles. The van der Waals surface area contributed by atoms with Gasteiger partial charge in [0.1, 0.15) is 17.7 Å². The van der Waals surface area contributed by atoms with Crippen LogP contribution in [0.25, 0.3) is 0 Å². The van der Waals surface area contributed by atoms with Crippen LogP contribution in [-0.4, -0.2) is 54.9 Å². The highest BCUT2D eigenvalue weighted by atomic mass is 35.5. The van der Waals surface area contributed by atoms with Crippen LogP contribution in [0.2, 0.25) is 5.02 Å². The molecule has 2 aliphatic rings. The van der Waals surface area contributed by atoms with Crippen molar-refractivity contribution in [3.8, 4) is 6.07 Å². The standard InChI is InChI=1S/C32H34ClFN4O5/c1-3-31(42,21-6-10-25(40)11-7-21)23-12-26-29(27(34)13-23)32(43-18-19(2)39,22-4-8-24(33)9-5-22)38(30(26)41)17-28-36-15-20(14-35)16-37-28/h4-5,8-9,12-13,15-16,19,21,25,39-40,42H,3,6-7,10-11,17-18H2,1-2H3/t19?,21-,25-,31?,32-/m1/s1. The number of nitrogens with zero attached hydrogens (tertiary/aromatic N) is 4. The van der Waals surface area contributed by atoms with Crippen molar-refractivity contribution in [2.75, 3.05) is 6.61 Å². The molecule has 5 rings (SSSR count). The van der Waals surface area contributed by atoms with Gasteiger partial charge in [-0.2, -0.15) is 5.26 Å². The molecule has 1 saturated carbocycles. The molecule has 11 heteroatoms. The van der Waals surface area contributed by atoms with Gasteiger partial charge in [-0.15, -0.1) is 0 Å². The van der Waals surface area contributed by atoms with Crippen molar-refractivity contribution in [1.29, 1.82) is 5.26 Å². The van der Waals surface area contributed by atoms with Crippen LogP contribution in [0, 0.1) is 23.1 Å². The Hall–Kier alpha value is -3.46. The number of benzene rings is 2. The molecule has 0 saturated heterocycles. The summed E-state index contributed by atoms with van der Waals surface area (Å²) in [6.07, 6.45) is 3.75. The van der Waals surface area contributed by atoms with Gasteiger partial charge in [0.2, 0.25) is 0 Å². The first-order valence-corrected chi connectivity index (χ1v) is 14.8. The maximum Gasteiger partial charge on any atom is 0.257 e. The third kappa shape index (κ3) is 5.64. The quantitative estimate of drug-likeness (QED) is 0.322. The maximum atomic E-state index is 16.6. The number of amides is 1. The molecule has 9 nitrogen and oxygen atoms in total. The van der Waals surface area contributed by atoms with E-state index in [-0.39, 0.29) is 53.6 Å². The zero-order valence-electron chi connectivity index (χ0n) is 24.0. The van der Waals surface area contributed by atoms with Crippen molar-refractivity contribution in [3.05, 3.63) is 93.3 Å². The fourth-order valence-corrected chi connectivity index (χ4v) is 6.47. The number of halogens is 2. The van der Waals surface area contributed by atoms with E-state index < -0.39 is 35.3 Å². The second kappa shape index (κ2) is 12.3. The lowest BCUT2D eigenvalue weighted by Crippen LogP contribution is -2.48. The number of aliphatic hydroxyl groups excluding tert-OH is 2. The number of carbonyl (C=O) groups is 1. The van der Waals surface area contributed by atoms with Crippen LogP contribution in [0.3, 0.4) is 0 Å². The zero-order valence-corrected chi connectivity index (χ0v) is 24.8. The fraction of sp³-hybridized carbons (Fsp3) is 0.438. The molecule has 226 valence electrons. The second-order valence-corrected chi connectivity index (χ2v) is 11.8. The van der Waals surface area contributed by atoms with Crippen molar-refractivity contribution in [2.45, 2.75) is 76.0 Å². The summed E-state index contributed by atoms with van der Waals surface area (Å²) in [6, 6.07) is 11.2. The summed E-state index contributed by atoms with van der Waals surface area (Å²) in [5.74, 6) is -1.38. The van der Waals surface area contributed by atoms with Crippen LogP contribution in [0.15, 0.2) is 48.8 Å². The van der Waals surface area contributed by atoms with E-state index in [2.05, 4.69) is 9.97 Å². The van der Waals surface area contributed by atoms with E-state index in [1.165, 1.54) is 36.4 Å². The molecule has 1 aromatic heterocycles. The smallest absolute Gasteiger partial charge is 0.257 e. The molecule has 2 aromatic carbocycles. The molecular weight excluding hydrogens is 575 g/mol. The largest absolute Gasteiger partial charge is 0.393 e. The Morgan fingerprint density at radius 2 is 1.86 bits per heavy atom. The normalized spacial score (nSPS) is 23.9. The lowest BCUT2D eigenvalue weighted by atomic mass is 9.71. The molecule has 3 N–H and O–H groups in total. The number of hydrogen-bond donors (Lipinski definition) is 3. The molecule has 3 aromatic rings. The van der Waals surface area contributed by atoms with Gasteiger partial charge >= 0.3 is 0 Å². The topological polar surface area (TPSA) is 140 Å². The van der Waals surface area contributed by atoms with Crippen LogP contribution < -0.4 is 0 Å². The average Bonchev–Trinajstić information content (AvgIpc) is 3.24. The van der Waals surface area contributed by atoms with Gasteiger partial charge in [-0.1, -0.05) is 30.7 Å². The highest BCUT2D eigenvalue weighted by Crippen LogP contribution is 2.50. The first-order valence-electron chi connectivity index (χ1n) is 14.4. The van der Waals surface area contributed by atoms with Gasteiger partial charge in [0.25, 0.3) is 5.91 Å². The molecular formula is C32H34ClFN4O5. The Labute approximate surface area is 254 Å². The van der Waals surface area contributed by atoms with E-state index in [1.54, 1.807) is 24.3 Å². The summed E-state index contributed by atoms with van der Waals surface area (Å²) in [5.41, 5.74) is -2.42. The second-order valence-electron chi connectivity index (χ2n) is 11.4. The average molecular weight is 609 g/mol. The molecule has 3 atom stereocenters. The monoisotopic (exact) mass is 608 g/mol. The Morgan fingerprint density at radius 1 is 1.21 bits per heavy atom. The molecule has 0 bridgehead atoms. The van der Waals surface area contributed by atoms with E-state index in [0.717, 1.165) is 0 Å². The Bertz CT molecular complexity index is 1520. The predicted octanol–water partition coefficient (Wildman–Crippen LogP) is 4.54. The molecule has 0 radical (unpaired) electrons. The highest BCUT2D eigenvalue weighted by Gasteiger charge is 2.55. The third-order valence-corrected chi connectivity index (χ3v) is 8.85. The van der Waals surface area contributed by atoms with Crippen LogP contribution in [0.1, 0.15) is 84.4 Å². The number of hydrogen-bond acceptors (Lipinski definition) is 8. The molecule has 2 heterocycles. The fourth-order valence-electron chi connectivity index (χ4n) is 6.34. The van der Waals surface area contributed by atoms with E-state index in [4.69, 9.17) is 16.3 Å². The minimum atomic E-state index is -1.84. The van der Waals surface area contributed by atoms with Gasteiger partial charge in [0.05, 0.1) is 47.7 Å². The zero-order chi connectivity index (χ0) is 30.9. The van der Waals surface area contributed by atoms with Crippen LogP contribution in [0.5, 0.6) is 0 Å². The Kier molecular flexibility index (Phi) is 8.84. The molecule has 1 fully saturated rings. The van der Waals surface area contributed by atoms with Gasteiger partial charge in [-0.3, -0.25) is 9.69 Å².